The standard InChI is InChI=1S/C19H21ClN4OS/c1-13-2-4-14(5-3-13)15-12-26-18-16(15)17(21-19(20)22-18)24-8-6-23(7-9-24)10-11-25/h2-5,12,25H,6-11H2,1H3. The highest BCUT2D eigenvalue weighted by atomic mass is 35.5. The van der Waals surface area contributed by atoms with Gasteiger partial charge in [0.2, 0.25) is 5.28 Å². The highest BCUT2D eigenvalue weighted by Crippen LogP contribution is 2.39. The number of halogens is 1. The molecule has 0 bridgehead atoms. The fraction of sp³-hybridized carbons (Fsp3) is 0.368. The third-order valence-corrected chi connectivity index (χ3v) is 5.88. The van der Waals surface area contributed by atoms with Crippen LogP contribution in [0.3, 0.4) is 0 Å². The Morgan fingerprint density at radius 1 is 1.12 bits per heavy atom. The predicted octanol–water partition coefficient (Wildman–Crippen LogP) is 3.43. The van der Waals surface area contributed by atoms with Crippen LogP contribution < -0.4 is 4.90 Å². The van der Waals surface area contributed by atoms with Crippen LogP contribution in [0.25, 0.3) is 21.3 Å². The van der Waals surface area contributed by atoms with Gasteiger partial charge in [-0.05, 0) is 24.1 Å². The van der Waals surface area contributed by atoms with E-state index in [-0.39, 0.29) is 6.61 Å². The molecule has 2 aromatic heterocycles. The fourth-order valence-corrected chi connectivity index (χ4v) is 4.55. The zero-order valence-corrected chi connectivity index (χ0v) is 16.2. The maximum Gasteiger partial charge on any atom is 0.225 e. The van der Waals surface area contributed by atoms with Crippen LogP contribution in [-0.4, -0.2) is 59.3 Å². The van der Waals surface area contributed by atoms with E-state index in [1.807, 2.05) is 0 Å². The number of β-amino-alcohol motifs (C(OH)–C–C–N with tert-alkyl or cyclic N) is 1. The summed E-state index contributed by atoms with van der Waals surface area (Å²) in [5, 5.41) is 12.7. The van der Waals surface area contributed by atoms with Gasteiger partial charge in [0, 0.05) is 43.7 Å². The summed E-state index contributed by atoms with van der Waals surface area (Å²) in [6, 6.07) is 8.55. The normalized spacial score (nSPS) is 15.7. The molecule has 0 unspecified atom stereocenters. The van der Waals surface area contributed by atoms with E-state index in [9.17, 15) is 0 Å². The van der Waals surface area contributed by atoms with Crippen molar-refractivity contribution in [2.24, 2.45) is 0 Å². The predicted molar refractivity (Wildman–Crippen MR) is 108 cm³/mol. The molecule has 1 aromatic carbocycles. The molecule has 4 rings (SSSR count). The van der Waals surface area contributed by atoms with Crippen LogP contribution in [0.15, 0.2) is 29.6 Å². The Labute approximate surface area is 161 Å². The summed E-state index contributed by atoms with van der Waals surface area (Å²) in [5.41, 5.74) is 3.58. The van der Waals surface area contributed by atoms with Crippen LogP contribution in [0.2, 0.25) is 5.28 Å². The highest BCUT2D eigenvalue weighted by Gasteiger charge is 2.23. The molecule has 136 valence electrons. The van der Waals surface area contributed by atoms with Crippen molar-refractivity contribution in [1.29, 1.82) is 0 Å². The molecule has 0 spiro atoms. The van der Waals surface area contributed by atoms with E-state index in [1.54, 1.807) is 11.3 Å². The van der Waals surface area contributed by atoms with Crippen molar-refractivity contribution in [3.8, 4) is 11.1 Å². The Morgan fingerprint density at radius 2 is 1.85 bits per heavy atom. The van der Waals surface area contributed by atoms with Gasteiger partial charge in [-0.25, -0.2) is 4.98 Å². The van der Waals surface area contributed by atoms with Crippen LogP contribution in [0.1, 0.15) is 5.56 Å². The van der Waals surface area contributed by atoms with Gasteiger partial charge in [0.25, 0.3) is 0 Å². The van der Waals surface area contributed by atoms with Crippen molar-refractivity contribution < 1.29 is 5.11 Å². The van der Waals surface area contributed by atoms with E-state index in [0.29, 0.717) is 5.28 Å². The number of hydrogen-bond acceptors (Lipinski definition) is 6. The number of rotatable bonds is 4. The zero-order chi connectivity index (χ0) is 18.1. The zero-order valence-electron chi connectivity index (χ0n) is 14.7. The number of aromatic nitrogens is 2. The van der Waals surface area contributed by atoms with Crippen molar-refractivity contribution in [2.75, 3.05) is 44.2 Å². The second-order valence-electron chi connectivity index (χ2n) is 6.56. The number of aliphatic hydroxyl groups is 1. The summed E-state index contributed by atoms with van der Waals surface area (Å²) in [6.45, 7) is 6.57. The number of anilines is 1. The molecule has 0 amide bonds. The lowest BCUT2D eigenvalue weighted by atomic mass is 10.0. The van der Waals surface area contributed by atoms with Gasteiger partial charge in [-0.3, -0.25) is 4.90 Å². The molecule has 3 heterocycles. The lowest BCUT2D eigenvalue weighted by molar-refractivity contribution is 0.188. The first kappa shape index (κ1) is 17.7. The lowest BCUT2D eigenvalue weighted by Crippen LogP contribution is -2.47. The van der Waals surface area contributed by atoms with E-state index >= 15 is 0 Å². The second-order valence-corrected chi connectivity index (χ2v) is 7.76. The molecule has 1 aliphatic heterocycles. The smallest absolute Gasteiger partial charge is 0.225 e. The number of aryl methyl sites for hydroxylation is 1. The van der Waals surface area contributed by atoms with E-state index < -0.39 is 0 Å². The first-order valence-corrected chi connectivity index (χ1v) is 10.0. The summed E-state index contributed by atoms with van der Waals surface area (Å²) in [5.74, 6) is 0.917. The number of aliphatic hydroxyl groups excluding tert-OH is 1. The molecule has 3 aromatic rings. The number of benzene rings is 1. The van der Waals surface area contributed by atoms with Gasteiger partial charge < -0.3 is 10.0 Å². The third kappa shape index (κ3) is 3.42. The van der Waals surface area contributed by atoms with E-state index in [1.165, 1.54) is 11.1 Å². The topological polar surface area (TPSA) is 52.5 Å². The van der Waals surface area contributed by atoms with E-state index in [2.05, 4.69) is 56.3 Å². The average Bonchev–Trinajstić information content (AvgIpc) is 3.06. The Kier molecular flexibility index (Phi) is 5.09. The van der Waals surface area contributed by atoms with Crippen molar-refractivity contribution in [3.05, 3.63) is 40.5 Å². The average molecular weight is 389 g/mol. The molecule has 1 aliphatic rings. The summed E-state index contributed by atoms with van der Waals surface area (Å²) >= 11 is 7.82. The van der Waals surface area contributed by atoms with Gasteiger partial charge in [-0.15, -0.1) is 11.3 Å². The van der Waals surface area contributed by atoms with Crippen LogP contribution in [0.5, 0.6) is 0 Å². The van der Waals surface area contributed by atoms with Crippen molar-refractivity contribution in [1.82, 2.24) is 14.9 Å². The number of piperazine rings is 1. The van der Waals surface area contributed by atoms with Crippen LogP contribution in [0.4, 0.5) is 5.82 Å². The van der Waals surface area contributed by atoms with Gasteiger partial charge in [-0.2, -0.15) is 4.98 Å². The van der Waals surface area contributed by atoms with Crippen LogP contribution >= 0.6 is 22.9 Å². The highest BCUT2D eigenvalue weighted by molar-refractivity contribution is 7.17. The van der Waals surface area contributed by atoms with Gasteiger partial charge in [0.15, 0.2) is 0 Å². The summed E-state index contributed by atoms with van der Waals surface area (Å²) in [4.78, 5) is 14.5. The largest absolute Gasteiger partial charge is 0.395 e. The number of hydrogen-bond donors (Lipinski definition) is 1. The Balaban J connectivity index is 1.74. The first-order chi connectivity index (χ1) is 12.7. The molecule has 0 atom stereocenters. The number of nitrogens with zero attached hydrogens (tertiary/aromatic N) is 4. The minimum absolute atomic E-state index is 0.200. The maximum absolute atomic E-state index is 9.14. The molecule has 26 heavy (non-hydrogen) atoms. The number of fused-ring (bicyclic) bond motifs is 1. The Hall–Kier alpha value is -1.73. The molecule has 1 N–H and O–H groups in total. The third-order valence-electron chi connectivity index (χ3n) is 4.84. The van der Waals surface area contributed by atoms with Crippen molar-refractivity contribution >= 4 is 39.0 Å². The summed E-state index contributed by atoms with van der Waals surface area (Å²) in [6.07, 6.45) is 0. The molecular formula is C19H21ClN4OS. The molecule has 1 fully saturated rings. The molecule has 1 saturated heterocycles. The summed E-state index contributed by atoms with van der Waals surface area (Å²) < 4.78 is 0. The van der Waals surface area contributed by atoms with E-state index in [0.717, 1.165) is 54.3 Å². The molecular weight excluding hydrogens is 368 g/mol. The van der Waals surface area contributed by atoms with Crippen molar-refractivity contribution in [2.45, 2.75) is 6.92 Å². The molecule has 0 aliphatic carbocycles. The summed E-state index contributed by atoms with van der Waals surface area (Å²) in [7, 11) is 0. The molecule has 5 nitrogen and oxygen atoms in total. The van der Waals surface area contributed by atoms with Crippen LogP contribution in [0, 0.1) is 6.92 Å². The van der Waals surface area contributed by atoms with Gasteiger partial charge >= 0.3 is 0 Å². The quantitative estimate of drug-likeness (QED) is 0.694. The minimum Gasteiger partial charge on any atom is -0.395 e. The number of thiophene rings is 1. The maximum atomic E-state index is 9.14. The molecule has 7 heteroatoms. The minimum atomic E-state index is 0.200. The fourth-order valence-electron chi connectivity index (χ4n) is 3.40. The van der Waals surface area contributed by atoms with E-state index in [4.69, 9.17) is 16.7 Å². The van der Waals surface area contributed by atoms with Gasteiger partial charge in [0.1, 0.15) is 10.6 Å². The Bertz CT molecular complexity index is 904. The second kappa shape index (κ2) is 7.48. The molecule has 0 radical (unpaired) electrons. The first-order valence-electron chi connectivity index (χ1n) is 8.75. The lowest BCUT2D eigenvalue weighted by Gasteiger charge is -2.35. The SMILES string of the molecule is Cc1ccc(-c2csc3nc(Cl)nc(N4CCN(CCO)CC4)c23)cc1. The van der Waals surface area contributed by atoms with Crippen molar-refractivity contribution in [3.63, 3.8) is 0 Å². The van der Waals surface area contributed by atoms with Gasteiger partial charge in [-0.1, -0.05) is 29.8 Å². The van der Waals surface area contributed by atoms with Gasteiger partial charge in [0.05, 0.1) is 12.0 Å². The monoisotopic (exact) mass is 388 g/mol. The van der Waals surface area contributed by atoms with Crippen LogP contribution in [-0.2, 0) is 0 Å². The Morgan fingerprint density at radius 3 is 2.54 bits per heavy atom. The molecule has 0 saturated carbocycles.